The number of ether oxygens (including phenoxy) is 1. The maximum atomic E-state index is 13.7. The van der Waals surface area contributed by atoms with Crippen LogP contribution in [0.2, 0.25) is 18.6 Å². The summed E-state index contributed by atoms with van der Waals surface area (Å²) in [6, 6.07) is 24.2. The van der Waals surface area contributed by atoms with Crippen molar-refractivity contribution in [1.29, 1.82) is 0 Å². The summed E-state index contributed by atoms with van der Waals surface area (Å²) < 4.78 is 6.62. The Morgan fingerprint density at radius 2 is 1.61 bits per heavy atom. The van der Waals surface area contributed by atoms with Crippen molar-refractivity contribution >= 4 is 31.5 Å². The van der Waals surface area contributed by atoms with Gasteiger partial charge in [0.1, 0.15) is 0 Å². The van der Waals surface area contributed by atoms with Crippen LogP contribution in [0.3, 0.4) is 0 Å². The summed E-state index contributed by atoms with van der Waals surface area (Å²) in [6.45, 7) is 6.46. The van der Waals surface area contributed by atoms with E-state index in [1.54, 1.807) is 4.90 Å². The molecule has 0 aromatic heterocycles. The lowest BCUT2D eigenvalue weighted by molar-refractivity contribution is -0.138. The van der Waals surface area contributed by atoms with Gasteiger partial charge < -0.3 is 19.5 Å². The second-order valence-electron chi connectivity index (χ2n) is 13.3. The van der Waals surface area contributed by atoms with E-state index in [4.69, 9.17) is 4.74 Å². The molecule has 232 valence electrons. The van der Waals surface area contributed by atoms with Crippen LogP contribution in [0.5, 0.6) is 0 Å². The Kier molecular flexibility index (Phi) is 8.79. The number of aliphatic hydroxyl groups is 1. The first-order chi connectivity index (χ1) is 21.1. The molecule has 1 fully saturated rings. The van der Waals surface area contributed by atoms with Crippen LogP contribution < -0.4 is 4.90 Å². The number of carbonyl (C=O) groups is 2. The van der Waals surface area contributed by atoms with Gasteiger partial charge in [-0.3, -0.25) is 14.5 Å². The quantitative estimate of drug-likeness (QED) is 0.326. The zero-order chi connectivity index (χ0) is 31.0. The molecule has 3 heterocycles. The molecule has 3 aliphatic heterocycles. The van der Waals surface area contributed by atoms with Gasteiger partial charge in [-0.1, -0.05) is 61.5 Å². The van der Waals surface area contributed by atoms with Crippen LogP contribution in [0.25, 0.3) is 0 Å². The Morgan fingerprint density at radius 3 is 2.32 bits per heavy atom. The summed E-state index contributed by atoms with van der Waals surface area (Å²) in [6.07, 6.45) is 3.31. The van der Waals surface area contributed by atoms with Gasteiger partial charge in [0.2, 0.25) is 11.8 Å². The Morgan fingerprint density at radius 1 is 0.932 bits per heavy atom. The molecule has 3 aromatic carbocycles. The van der Waals surface area contributed by atoms with Gasteiger partial charge in [0.15, 0.2) is 8.32 Å². The highest BCUT2D eigenvalue weighted by Crippen LogP contribution is 2.46. The minimum atomic E-state index is -2.64. The fraction of sp³-hybridized carbons (Fsp3) is 0.444. The van der Waals surface area contributed by atoms with E-state index in [9.17, 15) is 19.5 Å². The third kappa shape index (κ3) is 6.13. The fourth-order valence-electron chi connectivity index (χ4n) is 7.77. The summed E-state index contributed by atoms with van der Waals surface area (Å²) in [4.78, 5) is 41.5. The minimum Gasteiger partial charge on any atom is -0.432 e. The van der Waals surface area contributed by atoms with E-state index in [0.717, 1.165) is 41.8 Å². The van der Waals surface area contributed by atoms with E-state index in [0.29, 0.717) is 19.4 Å². The zero-order valence-corrected chi connectivity index (χ0v) is 27.0. The van der Waals surface area contributed by atoms with Gasteiger partial charge in [0.25, 0.3) is 0 Å². The van der Waals surface area contributed by atoms with Crippen molar-refractivity contribution in [2.75, 3.05) is 11.5 Å². The molecule has 0 aliphatic carbocycles. The molecular formula is C36H44N2O5Si. The van der Waals surface area contributed by atoms with Gasteiger partial charge in [-0.15, -0.1) is 0 Å². The van der Waals surface area contributed by atoms with Gasteiger partial charge >= 0.3 is 0 Å². The summed E-state index contributed by atoms with van der Waals surface area (Å²) >= 11 is 0. The second kappa shape index (κ2) is 12.6. The van der Waals surface area contributed by atoms with Crippen LogP contribution in [0, 0.1) is 5.92 Å². The number of rotatable bonds is 8. The van der Waals surface area contributed by atoms with E-state index < -0.39 is 8.32 Å². The minimum absolute atomic E-state index is 0.0240. The molecule has 0 unspecified atom stereocenters. The first kappa shape index (κ1) is 30.7. The molecule has 0 radical (unpaired) electrons. The average Bonchev–Trinajstić information content (AvgIpc) is 3.34. The summed E-state index contributed by atoms with van der Waals surface area (Å²) in [7, 11) is -2.64. The summed E-state index contributed by atoms with van der Waals surface area (Å²) in [5.41, 5.74) is 6.44. The van der Waals surface area contributed by atoms with Crippen LogP contribution >= 0.6 is 0 Å². The van der Waals surface area contributed by atoms with Crippen LogP contribution in [-0.4, -0.2) is 59.8 Å². The predicted molar refractivity (Wildman–Crippen MR) is 174 cm³/mol. The van der Waals surface area contributed by atoms with Gasteiger partial charge in [0, 0.05) is 24.2 Å². The fourth-order valence-corrected chi connectivity index (χ4v) is 10.4. The maximum Gasteiger partial charge on any atom is 0.231 e. The van der Waals surface area contributed by atoms with Crippen molar-refractivity contribution in [3.05, 3.63) is 95.1 Å². The van der Waals surface area contributed by atoms with Gasteiger partial charge in [-0.2, -0.15) is 0 Å². The van der Waals surface area contributed by atoms with Crippen LogP contribution in [0.15, 0.2) is 72.8 Å². The van der Waals surface area contributed by atoms with Crippen molar-refractivity contribution in [2.24, 2.45) is 5.92 Å². The van der Waals surface area contributed by atoms with Crippen LogP contribution in [-0.2, 0) is 40.1 Å². The number of benzene rings is 3. The Bertz CT molecular complexity index is 1500. The lowest BCUT2D eigenvalue weighted by Crippen LogP contribution is -2.48. The molecule has 0 spiro atoms. The van der Waals surface area contributed by atoms with Gasteiger partial charge in [-0.25, -0.2) is 0 Å². The van der Waals surface area contributed by atoms with Crippen molar-refractivity contribution in [3.8, 4) is 0 Å². The lowest BCUT2D eigenvalue weighted by atomic mass is 9.93. The largest absolute Gasteiger partial charge is 0.432 e. The van der Waals surface area contributed by atoms with E-state index in [1.807, 2.05) is 60.5 Å². The Balaban J connectivity index is 1.12. The zero-order valence-electron chi connectivity index (χ0n) is 26.0. The third-order valence-corrected chi connectivity index (χ3v) is 12.5. The number of fused-ring (bicyclic) bond motifs is 2. The first-order valence-corrected chi connectivity index (χ1v) is 19.0. The number of anilines is 2. The number of nitrogens with zero attached hydrogens (tertiary/aromatic N) is 2. The summed E-state index contributed by atoms with van der Waals surface area (Å²) in [5, 5.41) is 10.1. The normalized spacial score (nSPS) is 25.1. The molecule has 7 nitrogen and oxygen atoms in total. The number of hydrogen-bond donors (Lipinski definition) is 2. The highest BCUT2D eigenvalue weighted by Gasteiger charge is 2.50. The number of aliphatic hydroxyl groups excluding tert-OH is 1. The number of hydrogen-bond acceptors (Lipinski definition) is 5. The summed E-state index contributed by atoms with van der Waals surface area (Å²) in [5.74, 6) is 0.215. The van der Waals surface area contributed by atoms with Crippen molar-refractivity contribution in [3.63, 3.8) is 0 Å². The molecule has 2 N–H and O–H groups in total. The van der Waals surface area contributed by atoms with Crippen molar-refractivity contribution in [1.82, 2.24) is 4.90 Å². The lowest BCUT2D eigenvalue weighted by Gasteiger charge is -2.37. The standard InChI is InChI=1S/C36H44N2O5Si/c1-24-32(18-14-25-12-16-29(17-13-25)38-31-11-7-6-8-26(31)15-19-34(38)40)43-33(36(24)44(2,3)42)21-35(41)37-22-28-10-5-4-9-27(28)20-30(37)23-39/h4-13,16-17,24,30,32-33,36,39,42H,14-15,18-23H2,1-3H3/t24-,30+,32+,33-,36+/m1/s1. The highest BCUT2D eigenvalue weighted by atomic mass is 28.4. The molecule has 1 saturated heterocycles. The molecule has 6 rings (SSSR count). The van der Waals surface area contributed by atoms with Crippen molar-refractivity contribution in [2.45, 2.75) is 88.9 Å². The molecular weight excluding hydrogens is 568 g/mol. The molecule has 44 heavy (non-hydrogen) atoms. The van der Waals surface area contributed by atoms with Crippen LogP contribution in [0.4, 0.5) is 11.4 Å². The van der Waals surface area contributed by atoms with E-state index in [1.165, 1.54) is 11.1 Å². The topological polar surface area (TPSA) is 90.3 Å². The second-order valence-corrected chi connectivity index (χ2v) is 17.3. The number of aryl methyl sites for hydroxylation is 2. The van der Waals surface area contributed by atoms with E-state index in [2.05, 4.69) is 37.3 Å². The SMILES string of the molecule is C[C@H]1[C@H]([Si](C)(C)O)[C@@H](CC(=O)N2Cc3ccccc3C[C@H]2CO)O[C@H]1CCc1ccc(N2C(=O)CCc3ccccc32)cc1. The number of para-hydroxylation sites is 1. The third-order valence-electron chi connectivity index (χ3n) is 9.98. The smallest absolute Gasteiger partial charge is 0.231 e. The monoisotopic (exact) mass is 612 g/mol. The number of amides is 2. The highest BCUT2D eigenvalue weighted by molar-refractivity contribution is 6.71. The Hall–Kier alpha value is -3.30. The molecule has 0 saturated carbocycles. The van der Waals surface area contributed by atoms with Gasteiger partial charge in [-0.05, 0) is 85.1 Å². The van der Waals surface area contributed by atoms with Crippen molar-refractivity contribution < 1.29 is 24.2 Å². The molecule has 0 bridgehead atoms. The molecule has 3 aliphatic rings. The van der Waals surface area contributed by atoms with Gasteiger partial charge in [0.05, 0.1) is 37.0 Å². The molecule has 2 amide bonds. The van der Waals surface area contributed by atoms with Crippen LogP contribution in [0.1, 0.15) is 48.4 Å². The molecule has 5 atom stereocenters. The number of carbonyl (C=O) groups excluding carboxylic acids is 2. The maximum absolute atomic E-state index is 13.7. The predicted octanol–water partition coefficient (Wildman–Crippen LogP) is 5.54. The average molecular weight is 613 g/mol. The molecule has 8 heteroatoms. The molecule has 3 aromatic rings. The van der Waals surface area contributed by atoms with E-state index >= 15 is 0 Å². The Labute approximate surface area is 261 Å². The first-order valence-electron chi connectivity index (χ1n) is 16.0. The van der Waals surface area contributed by atoms with E-state index in [-0.39, 0.29) is 54.6 Å².